The lowest BCUT2D eigenvalue weighted by atomic mass is 10.2. The molecule has 0 amide bonds. The summed E-state index contributed by atoms with van der Waals surface area (Å²) in [7, 11) is 0. The van der Waals surface area contributed by atoms with E-state index in [-0.39, 0.29) is 0 Å². The molecule has 0 fully saturated rings. The van der Waals surface area contributed by atoms with Crippen LogP contribution in [0.1, 0.15) is 5.56 Å². The van der Waals surface area contributed by atoms with E-state index >= 15 is 0 Å². The lowest BCUT2D eigenvalue weighted by molar-refractivity contribution is 0.174. The van der Waals surface area contributed by atoms with Gasteiger partial charge in [0.05, 0.1) is 17.6 Å². The van der Waals surface area contributed by atoms with Crippen LogP contribution in [0.2, 0.25) is 0 Å². The van der Waals surface area contributed by atoms with Gasteiger partial charge in [-0.2, -0.15) is 0 Å². The second-order valence-electron chi connectivity index (χ2n) is 4.87. The largest absolute Gasteiger partial charge is 0.454 e. The lowest BCUT2D eigenvalue weighted by Crippen LogP contribution is -1.99. The zero-order valence-corrected chi connectivity index (χ0v) is 13.3. The third kappa shape index (κ3) is 2.24. The van der Waals surface area contributed by atoms with Crippen molar-refractivity contribution in [3.05, 3.63) is 51.2 Å². The van der Waals surface area contributed by atoms with Crippen LogP contribution in [-0.2, 0) is 6.54 Å². The van der Waals surface area contributed by atoms with Crippen molar-refractivity contribution in [3.8, 4) is 11.5 Å². The predicted molar refractivity (Wildman–Crippen MR) is 86.5 cm³/mol. The zero-order chi connectivity index (χ0) is 14.4. The van der Waals surface area contributed by atoms with Gasteiger partial charge < -0.3 is 19.0 Å². The molecule has 0 bridgehead atoms. The molecule has 4 nitrogen and oxygen atoms in total. The number of H-pyrrole nitrogens is 1. The van der Waals surface area contributed by atoms with Gasteiger partial charge in [0.2, 0.25) is 6.79 Å². The summed E-state index contributed by atoms with van der Waals surface area (Å²) in [5.41, 5.74) is 3.23. The summed E-state index contributed by atoms with van der Waals surface area (Å²) in [5, 5.41) is 0. The number of nitrogens with zero attached hydrogens (tertiary/aromatic N) is 1. The van der Waals surface area contributed by atoms with Crippen LogP contribution in [0.4, 0.5) is 0 Å². The Morgan fingerprint density at radius 2 is 2.00 bits per heavy atom. The number of nitrogens with one attached hydrogen (secondary N) is 1. The molecule has 106 valence electrons. The third-order valence-corrected chi connectivity index (χ3v) is 4.33. The molecule has 4 rings (SSSR count). The van der Waals surface area contributed by atoms with Gasteiger partial charge in [0.15, 0.2) is 16.3 Å². The second-order valence-corrected chi connectivity index (χ2v) is 6.17. The van der Waals surface area contributed by atoms with Gasteiger partial charge in [0.1, 0.15) is 0 Å². The zero-order valence-electron chi connectivity index (χ0n) is 10.9. The van der Waals surface area contributed by atoms with Crippen molar-refractivity contribution in [3.63, 3.8) is 0 Å². The maximum Gasteiger partial charge on any atom is 0.231 e. The quantitative estimate of drug-likeness (QED) is 0.693. The fourth-order valence-corrected chi connectivity index (χ4v) is 3.15. The van der Waals surface area contributed by atoms with Crippen molar-refractivity contribution in [2.24, 2.45) is 0 Å². The normalized spacial score (nSPS) is 13.0. The predicted octanol–water partition coefficient (Wildman–Crippen LogP) is 4.24. The number of aromatic nitrogens is 2. The Labute approximate surface area is 134 Å². The van der Waals surface area contributed by atoms with Gasteiger partial charge in [-0.25, -0.2) is 0 Å². The van der Waals surface area contributed by atoms with Crippen LogP contribution in [0.15, 0.2) is 40.9 Å². The fourth-order valence-electron chi connectivity index (χ4n) is 2.51. The smallest absolute Gasteiger partial charge is 0.231 e. The Balaban J connectivity index is 1.77. The molecule has 0 unspecified atom stereocenters. The average Bonchev–Trinajstić information content (AvgIpc) is 3.03. The molecule has 0 atom stereocenters. The van der Waals surface area contributed by atoms with Crippen LogP contribution in [0.3, 0.4) is 0 Å². The highest BCUT2D eigenvalue weighted by Crippen LogP contribution is 2.33. The number of benzene rings is 2. The molecule has 1 aliphatic heterocycles. The molecule has 21 heavy (non-hydrogen) atoms. The van der Waals surface area contributed by atoms with E-state index in [4.69, 9.17) is 21.7 Å². The molecule has 0 radical (unpaired) electrons. The van der Waals surface area contributed by atoms with Crippen molar-refractivity contribution in [1.29, 1.82) is 0 Å². The monoisotopic (exact) mass is 362 g/mol. The van der Waals surface area contributed by atoms with E-state index in [1.54, 1.807) is 0 Å². The molecular formula is C15H11BrN2O2S. The summed E-state index contributed by atoms with van der Waals surface area (Å²) >= 11 is 8.90. The Morgan fingerprint density at radius 3 is 2.90 bits per heavy atom. The van der Waals surface area contributed by atoms with Crippen LogP contribution in [0.5, 0.6) is 11.5 Å². The lowest BCUT2D eigenvalue weighted by Gasteiger charge is -2.06. The molecule has 2 aromatic carbocycles. The first kappa shape index (κ1) is 12.9. The topological polar surface area (TPSA) is 39.2 Å². The van der Waals surface area contributed by atoms with Gasteiger partial charge in [-0.05, 0) is 48.1 Å². The highest BCUT2D eigenvalue weighted by atomic mass is 79.9. The Morgan fingerprint density at radius 1 is 1.14 bits per heavy atom. The first-order valence-electron chi connectivity index (χ1n) is 6.47. The summed E-state index contributed by atoms with van der Waals surface area (Å²) in [6.45, 7) is 0.983. The summed E-state index contributed by atoms with van der Waals surface area (Å²) in [6, 6.07) is 12.1. The minimum absolute atomic E-state index is 0.291. The van der Waals surface area contributed by atoms with Crippen LogP contribution in [-0.4, -0.2) is 16.3 Å². The van der Waals surface area contributed by atoms with Crippen molar-refractivity contribution in [1.82, 2.24) is 9.55 Å². The Kier molecular flexibility index (Phi) is 3.01. The first-order valence-corrected chi connectivity index (χ1v) is 7.67. The molecule has 1 aromatic heterocycles. The van der Waals surface area contributed by atoms with E-state index in [0.717, 1.165) is 32.6 Å². The number of ether oxygens (including phenoxy) is 2. The minimum Gasteiger partial charge on any atom is -0.454 e. The molecule has 6 heteroatoms. The fraction of sp³-hybridized carbons (Fsp3) is 0.133. The Hall–Kier alpha value is -1.79. The highest BCUT2D eigenvalue weighted by Gasteiger charge is 2.14. The molecule has 1 aliphatic rings. The van der Waals surface area contributed by atoms with Gasteiger partial charge in [0.25, 0.3) is 0 Å². The molecule has 0 saturated carbocycles. The van der Waals surface area contributed by atoms with Crippen LogP contribution in [0.25, 0.3) is 11.0 Å². The maximum absolute atomic E-state index is 5.43. The van der Waals surface area contributed by atoms with Crippen molar-refractivity contribution >= 4 is 39.2 Å². The van der Waals surface area contributed by atoms with Gasteiger partial charge in [0, 0.05) is 4.47 Å². The van der Waals surface area contributed by atoms with Crippen molar-refractivity contribution in [2.45, 2.75) is 6.54 Å². The van der Waals surface area contributed by atoms with E-state index in [0.29, 0.717) is 18.1 Å². The SMILES string of the molecule is S=c1[nH]c2cc(Br)ccc2n1Cc1ccc2c(c1)OCO2. The van der Waals surface area contributed by atoms with Crippen molar-refractivity contribution in [2.75, 3.05) is 6.79 Å². The van der Waals surface area contributed by atoms with Gasteiger partial charge >= 0.3 is 0 Å². The van der Waals surface area contributed by atoms with Crippen molar-refractivity contribution < 1.29 is 9.47 Å². The van der Waals surface area contributed by atoms with E-state index in [9.17, 15) is 0 Å². The number of rotatable bonds is 2. The second kappa shape index (κ2) is 4.89. The standard InChI is InChI=1S/C15H11BrN2O2S/c16-10-2-3-12-11(6-10)17-15(21)18(12)7-9-1-4-13-14(5-9)20-8-19-13/h1-6H,7-8H2,(H,17,21). The Bertz CT molecular complexity index is 900. The number of imidazole rings is 1. The highest BCUT2D eigenvalue weighted by molar-refractivity contribution is 9.10. The van der Waals surface area contributed by atoms with E-state index in [1.165, 1.54) is 0 Å². The van der Waals surface area contributed by atoms with Crippen LogP contribution < -0.4 is 9.47 Å². The number of hydrogen-bond acceptors (Lipinski definition) is 3. The number of hydrogen-bond donors (Lipinski definition) is 1. The molecular weight excluding hydrogens is 352 g/mol. The summed E-state index contributed by atoms with van der Waals surface area (Å²) in [5.74, 6) is 1.59. The molecule has 3 aromatic rings. The average molecular weight is 363 g/mol. The number of halogens is 1. The number of aromatic amines is 1. The van der Waals surface area contributed by atoms with Crippen LogP contribution >= 0.6 is 28.1 Å². The summed E-state index contributed by atoms with van der Waals surface area (Å²) in [4.78, 5) is 3.23. The van der Waals surface area contributed by atoms with Gasteiger partial charge in [-0.3, -0.25) is 0 Å². The number of fused-ring (bicyclic) bond motifs is 2. The summed E-state index contributed by atoms with van der Waals surface area (Å²) in [6.07, 6.45) is 0. The van der Waals surface area contributed by atoms with Gasteiger partial charge in [-0.15, -0.1) is 0 Å². The third-order valence-electron chi connectivity index (χ3n) is 3.51. The first-order chi connectivity index (χ1) is 10.2. The molecule has 0 spiro atoms. The molecule has 0 saturated heterocycles. The molecule has 0 aliphatic carbocycles. The molecule has 1 N–H and O–H groups in total. The van der Waals surface area contributed by atoms with E-state index in [1.807, 2.05) is 30.3 Å². The minimum atomic E-state index is 0.291. The summed E-state index contributed by atoms with van der Waals surface area (Å²) < 4.78 is 14.6. The van der Waals surface area contributed by atoms with E-state index in [2.05, 4.69) is 31.5 Å². The van der Waals surface area contributed by atoms with Gasteiger partial charge in [-0.1, -0.05) is 22.0 Å². The maximum atomic E-state index is 5.43. The van der Waals surface area contributed by atoms with E-state index < -0.39 is 0 Å². The molecule has 2 heterocycles. The van der Waals surface area contributed by atoms with Crippen LogP contribution in [0, 0.1) is 4.77 Å².